The predicted molar refractivity (Wildman–Crippen MR) is 82.3 cm³/mol. The molecule has 0 amide bonds. The van der Waals surface area contributed by atoms with Gasteiger partial charge in [-0.25, -0.2) is 18.4 Å². The number of esters is 2. The maximum absolute atomic E-state index is 14.2. The minimum absolute atomic E-state index is 0.000282. The van der Waals surface area contributed by atoms with Gasteiger partial charge in [0.1, 0.15) is 18.6 Å². The number of methoxy groups -OCH3 is 1. The fourth-order valence-corrected chi connectivity index (χ4v) is 3.27. The highest BCUT2D eigenvalue weighted by atomic mass is 19.1. The molecule has 8 heteroatoms. The van der Waals surface area contributed by atoms with Crippen molar-refractivity contribution in [3.8, 4) is 0 Å². The third kappa shape index (κ3) is 2.67. The maximum atomic E-state index is 14.2. The Bertz CT molecular complexity index is 830. The lowest BCUT2D eigenvalue weighted by atomic mass is 9.79. The third-order valence-electron chi connectivity index (χ3n) is 4.30. The summed E-state index contributed by atoms with van der Waals surface area (Å²) in [4.78, 5) is 28.3. The highest BCUT2D eigenvalue weighted by molar-refractivity contribution is 6.01. The van der Waals surface area contributed by atoms with Crippen molar-refractivity contribution in [2.24, 2.45) is 0 Å². The molecule has 2 atom stereocenters. The highest BCUT2D eigenvalue weighted by Gasteiger charge is 2.43. The van der Waals surface area contributed by atoms with Crippen molar-refractivity contribution in [3.63, 3.8) is 0 Å². The Hall–Kier alpha value is -2.77. The lowest BCUT2D eigenvalue weighted by Gasteiger charge is -2.28. The van der Waals surface area contributed by atoms with E-state index in [9.17, 15) is 18.4 Å². The van der Waals surface area contributed by atoms with Crippen molar-refractivity contribution in [2.45, 2.75) is 25.9 Å². The summed E-state index contributed by atoms with van der Waals surface area (Å²) in [6.07, 6.45) is 0.498. The Balaban J connectivity index is 2.28. The number of carbonyl (C=O) groups excluding carboxylic acids is 2. The summed E-state index contributed by atoms with van der Waals surface area (Å²) < 4.78 is 38.2. The van der Waals surface area contributed by atoms with Gasteiger partial charge in [-0.1, -0.05) is 0 Å². The molecule has 0 saturated carbocycles. The van der Waals surface area contributed by atoms with E-state index < -0.39 is 29.8 Å². The van der Waals surface area contributed by atoms with Crippen molar-refractivity contribution in [2.75, 3.05) is 13.7 Å². The zero-order chi connectivity index (χ0) is 18.3. The molecule has 3 heterocycles. The van der Waals surface area contributed by atoms with Crippen LogP contribution < -0.4 is 5.32 Å². The van der Waals surface area contributed by atoms with E-state index in [2.05, 4.69) is 10.3 Å². The van der Waals surface area contributed by atoms with Gasteiger partial charge in [-0.2, -0.15) is 0 Å². The van der Waals surface area contributed by atoms with Crippen molar-refractivity contribution in [3.05, 3.63) is 51.9 Å². The van der Waals surface area contributed by atoms with Gasteiger partial charge in [0.25, 0.3) is 0 Å². The molecule has 0 bridgehead atoms. The second kappa shape index (κ2) is 6.27. The Morgan fingerprint density at radius 3 is 2.84 bits per heavy atom. The van der Waals surface area contributed by atoms with Crippen LogP contribution in [-0.4, -0.2) is 30.6 Å². The van der Waals surface area contributed by atoms with Gasteiger partial charge in [0.2, 0.25) is 0 Å². The molecule has 0 radical (unpaired) electrons. The van der Waals surface area contributed by atoms with Crippen molar-refractivity contribution < 1.29 is 27.8 Å². The first-order valence-corrected chi connectivity index (χ1v) is 7.60. The van der Waals surface area contributed by atoms with E-state index in [1.54, 1.807) is 6.92 Å². The molecule has 0 saturated heterocycles. The molecule has 1 aromatic rings. The van der Waals surface area contributed by atoms with Gasteiger partial charge < -0.3 is 14.8 Å². The van der Waals surface area contributed by atoms with Gasteiger partial charge >= 0.3 is 11.9 Å². The number of aromatic nitrogens is 1. The molecule has 2 aliphatic rings. The second-order valence-electron chi connectivity index (χ2n) is 5.80. The van der Waals surface area contributed by atoms with E-state index in [4.69, 9.17) is 9.47 Å². The minimum atomic E-state index is -1.66. The number of alkyl halides is 1. The summed E-state index contributed by atoms with van der Waals surface area (Å²) in [7, 11) is 1.19. The summed E-state index contributed by atoms with van der Waals surface area (Å²) in [6.45, 7) is 2.80. The number of cyclic esters (lactones) is 1. The summed E-state index contributed by atoms with van der Waals surface area (Å²) in [6, 6.07) is 0. The van der Waals surface area contributed by atoms with Crippen molar-refractivity contribution >= 4 is 11.9 Å². The standard InChI is InChI=1S/C17H16F2N2O4/c1-7(18)12-9(4-20-5-10(12)19)14-13(16(22)24-3)8(2)21-11-6-25-17(23)15(11)14/h4-5,7,14,21H,6H2,1-3H3/t7-,14+/m0/s1. The van der Waals surface area contributed by atoms with Crippen LogP contribution in [0.15, 0.2) is 34.9 Å². The lowest BCUT2D eigenvalue weighted by molar-refractivity contribution is -0.136. The Morgan fingerprint density at radius 2 is 2.20 bits per heavy atom. The molecule has 1 N–H and O–H groups in total. The number of hydrogen-bond donors (Lipinski definition) is 1. The number of dihydropyridines is 1. The monoisotopic (exact) mass is 350 g/mol. The number of carbonyl (C=O) groups is 2. The van der Waals surface area contributed by atoms with Gasteiger partial charge in [0.05, 0.1) is 36.1 Å². The number of halogens is 2. The fraction of sp³-hybridized carbons (Fsp3) is 0.353. The fourth-order valence-electron chi connectivity index (χ4n) is 3.27. The molecule has 6 nitrogen and oxygen atoms in total. The van der Waals surface area contributed by atoms with Crippen LogP contribution >= 0.6 is 0 Å². The molecule has 0 fully saturated rings. The summed E-state index contributed by atoms with van der Waals surface area (Å²) >= 11 is 0. The van der Waals surface area contributed by atoms with E-state index >= 15 is 0 Å². The molecule has 3 rings (SSSR count). The van der Waals surface area contributed by atoms with E-state index in [1.165, 1.54) is 20.2 Å². The quantitative estimate of drug-likeness (QED) is 0.842. The topological polar surface area (TPSA) is 77.5 Å². The minimum Gasteiger partial charge on any atom is -0.466 e. The average molecular weight is 350 g/mol. The molecule has 1 aromatic heterocycles. The first-order chi connectivity index (χ1) is 11.9. The summed E-state index contributed by atoms with van der Waals surface area (Å²) in [5.41, 5.74) is 0.970. The van der Waals surface area contributed by atoms with Gasteiger partial charge in [-0.3, -0.25) is 4.98 Å². The number of pyridine rings is 1. The first-order valence-electron chi connectivity index (χ1n) is 7.60. The van der Waals surface area contributed by atoms with Crippen molar-refractivity contribution in [1.82, 2.24) is 10.3 Å². The predicted octanol–water partition coefficient (Wildman–Crippen LogP) is 2.20. The Morgan fingerprint density at radius 1 is 1.48 bits per heavy atom. The molecule has 132 valence electrons. The normalized spacial score (nSPS) is 20.8. The van der Waals surface area contributed by atoms with Gasteiger partial charge in [0, 0.05) is 17.5 Å². The molecule has 2 aliphatic heterocycles. The number of nitrogens with one attached hydrogen (secondary N) is 1. The van der Waals surface area contributed by atoms with E-state index in [1.807, 2.05) is 0 Å². The van der Waals surface area contributed by atoms with Crippen LogP contribution in [0.3, 0.4) is 0 Å². The van der Waals surface area contributed by atoms with Crippen LogP contribution in [0.2, 0.25) is 0 Å². The van der Waals surface area contributed by atoms with Crippen LogP contribution in [0.1, 0.15) is 37.1 Å². The Labute approximate surface area is 142 Å². The van der Waals surface area contributed by atoms with Crippen LogP contribution in [-0.2, 0) is 19.1 Å². The summed E-state index contributed by atoms with van der Waals surface area (Å²) in [5, 5.41) is 2.94. The molecule has 0 aliphatic carbocycles. The van der Waals surface area contributed by atoms with Crippen LogP contribution in [0.5, 0.6) is 0 Å². The molecule has 25 heavy (non-hydrogen) atoms. The molecule has 0 unspecified atom stereocenters. The average Bonchev–Trinajstić information content (AvgIpc) is 2.93. The summed E-state index contributed by atoms with van der Waals surface area (Å²) in [5.74, 6) is -3.22. The van der Waals surface area contributed by atoms with Crippen molar-refractivity contribution in [1.29, 1.82) is 0 Å². The van der Waals surface area contributed by atoms with Crippen LogP contribution in [0, 0.1) is 5.82 Å². The number of hydrogen-bond acceptors (Lipinski definition) is 6. The number of nitrogens with zero attached hydrogens (tertiary/aromatic N) is 1. The molecule has 0 spiro atoms. The van der Waals surface area contributed by atoms with E-state index in [-0.39, 0.29) is 28.9 Å². The molecular formula is C17H16F2N2O4. The lowest BCUT2D eigenvalue weighted by Crippen LogP contribution is -2.30. The van der Waals surface area contributed by atoms with Crippen LogP contribution in [0.4, 0.5) is 8.78 Å². The smallest absolute Gasteiger partial charge is 0.337 e. The number of allylic oxidation sites excluding steroid dienone is 1. The Kier molecular flexibility index (Phi) is 4.28. The largest absolute Gasteiger partial charge is 0.466 e. The number of ether oxygens (including phenoxy) is 2. The second-order valence-corrected chi connectivity index (χ2v) is 5.80. The van der Waals surface area contributed by atoms with E-state index in [0.717, 1.165) is 6.20 Å². The van der Waals surface area contributed by atoms with Gasteiger partial charge in [0.15, 0.2) is 0 Å². The number of rotatable bonds is 3. The SMILES string of the molecule is COC(=O)C1=C(C)NC2=C(C(=O)OC2)[C@@H]1c1cncc(F)c1[C@H](C)F. The zero-order valence-corrected chi connectivity index (χ0v) is 13.9. The third-order valence-corrected chi connectivity index (χ3v) is 4.30. The first kappa shape index (κ1) is 17.1. The van der Waals surface area contributed by atoms with E-state index in [0.29, 0.717) is 11.4 Å². The zero-order valence-electron chi connectivity index (χ0n) is 13.9. The highest BCUT2D eigenvalue weighted by Crippen LogP contribution is 2.44. The van der Waals surface area contributed by atoms with Gasteiger partial charge in [-0.15, -0.1) is 0 Å². The molecular weight excluding hydrogens is 334 g/mol. The maximum Gasteiger partial charge on any atom is 0.337 e. The molecule has 0 aromatic carbocycles. The van der Waals surface area contributed by atoms with Crippen LogP contribution in [0.25, 0.3) is 0 Å². The van der Waals surface area contributed by atoms with Gasteiger partial charge in [-0.05, 0) is 19.4 Å².